The number of amides is 1. The number of rotatable bonds is 7. The predicted molar refractivity (Wildman–Crippen MR) is 110 cm³/mol. The standard InChI is InChI=1S/C22H21N3O5/c1-14(2)30-21(27)16-8-10-17(11-9-16)23-20(26)13-29-22(28)19-12-18(24-25-19)15-6-4-3-5-7-15/h3-12,14H,13H2,1-2H3,(H,23,26)(H,24,25). The molecule has 0 aliphatic rings. The molecule has 8 heteroatoms. The number of esters is 2. The van der Waals surface area contributed by atoms with Crippen molar-refractivity contribution < 1.29 is 23.9 Å². The lowest BCUT2D eigenvalue weighted by atomic mass is 10.1. The Kier molecular flexibility index (Phi) is 6.59. The van der Waals surface area contributed by atoms with Gasteiger partial charge in [-0.1, -0.05) is 30.3 Å². The van der Waals surface area contributed by atoms with E-state index in [1.165, 1.54) is 0 Å². The van der Waals surface area contributed by atoms with Crippen LogP contribution in [0.4, 0.5) is 5.69 Å². The molecule has 0 atom stereocenters. The maximum Gasteiger partial charge on any atom is 0.356 e. The fraction of sp³-hybridized carbons (Fsp3) is 0.182. The van der Waals surface area contributed by atoms with E-state index in [0.717, 1.165) is 5.56 Å². The lowest BCUT2D eigenvalue weighted by molar-refractivity contribution is -0.119. The van der Waals surface area contributed by atoms with Crippen LogP contribution in [0.25, 0.3) is 11.3 Å². The predicted octanol–water partition coefficient (Wildman–Crippen LogP) is 3.44. The summed E-state index contributed by atoms with van der Waals surface area (Å²) in [6, 6.07) is 17.1. The van der Waals surface area contributed by atoms with Crippen molar-refractivity contribution in [3.05, 3.63) is 71.9 Å². The molecule has 0 bridgehead atoms. The summed E-state index contributed by atoms with van der Waals surface area (Å²) in [5, 5.41) is 9.28. The van der Waals surface area contributed by atoms with Gasteiger partial charge in [-0.3, -0.25) is 9.89 Å². The first kappa shape index (κ1) is 20.8. The molecule has 0 aliphatic carbocycles. The van der Waals surface area contributed by atoms with Gasteiger partial charge in [0.1, 0.15) is 5.69 Å². The molecule has 0 fully saturated rings. The largest absolute Gasteiger partial charge is 0.459 e. The lowest BCUT2D eigenvalue weighted by Crippen LogP contribution is -2.21. The molecular formula is C22H21N3O5. The molecule has 154 valence electrons. The second-order valence-electron chi connectivity index (χ2n) is 6.69. The smallest absolute Gasteiger partial charge is 0.356 e. The Morgan fingerprint density at radius 1 is 1.00 bits per heavy atom. The highest BCUT2D eigenvalue weighted by atomic mass is 16.5. The van der Waals surface area contributed by atoms with Crippen molar-refractivity contribution in [3.63, 3.8) is 0 Å². The van der Waals surface area contributed by atoms with Crippen LogP contribution in [0.5, 0.6) is 0 Å². The lowest BCUT2D eigenvalue weighted by Gasteiger charge is -2.09. The first-order valence-electron chi connectivity index (χ1n) is 9.31. The molecular weight excluding hydrogens is 386 g/mol. The Morgan fingerprint density at radius 3 is 2.37 bits per heavy atom. The molecule has 3 aromatic rings. The van der Waals surface area contributed by atoms with Gasteiger partial charge >= 0.3 is 11.9 Å². The van der Waals surface area contributed by atoms with Crippen LogP contribution < -0.4 is 5.32 Å². The van der Waals surface area contributed by atoms with Crippen LogP contribution >= 0.6 is 0 Å². The summed E-state index contributed by atoms with van der Waals surface area (Å²) in [6.45, 7) is 3.06. The SMILES string of the molecule is CC(C)OC(=O)c1ccc(NC(=O)COC(=O)c2cc(-c3ccccc3)n[nH]2)cc1. The van der Waals surface area contributed by atoms with E-state index in [2.05, 4.69) is 15.5 Å². The van der Waals surface area contributed by atoms with E-state index in [0.29, 0.717) is 16.9 Å². The van der Waals surface area contributed by atoms with Crippen molar-refractivity contribution in [2.75, 3.05) is 11.9 Å². The van der Waals surface area contributed by atoms with Crippen LogP contribution in [0.3, 0.4) is 0 Å². The molecule has 1 amide bonds. The topological polar surface area (TPSA) is 110 Å². The van der Waals surface area contributed by atoms with Gasteiger partial charge in [0.15, 0.2) is 6.61 Å². The zero-order chi connectivity index (χ0) is 21.5. The molecule has 0 saturated carbocycles. The molecule has 0 aliphatic heterocycles. The number of nitrogens with zero attached hydrogens (tertiary/aromatic N) is 1. The number of nitrogens with one attached hydrogen (secondary N) is 2. The Hall–Kier alpha value is -3.94. The highest BCUT2D eigenvalue weighted by Crippen LogP contribution is 2.17. The first-order valence-corrected chi connectivity index (χ1v) is 9.31. The van der Waals surface area contributed by atoms with E-state index in [1.54, 1.807) is 44.2 Å². The van der Waals surface area contributed by atoms with E-state index in [9.17, 15) is 14.4 Å². The Labute approximate surface area is 173 Å². The summed E-state index contributed by atoms with van der Waals surface area (Å²) < 4.78 is 10.1. The van der Waals surface area contributed by atoms with Gasteiger partial charge in [-0.05, 0) is 44.2 Å². The Balaban J connectivity index is 1.50. The number of benzene rings is 2. The zero-order valence-corrected chi connectivity index (χ0v) is 16.5. The molecule has 1 aromatic heterocycles. The van der Waals surface area contributed by atoms with Gasteiger partial charge in [0.05, 0.1) is 17.4 Å². The number of hydrogen-bond acceptors (Lipinski definition) is 6. The third kappa shape index (κ3) is 5.54. The first-order chi connectivity index (χ1) is 14.4. The van der Waals surface area contributed by atoms with Crippen molar-refractivity contribution in [2.24, 2.45) is 0 Å². The van der Waals surface area contributed by atoms with Gasteiger partial charge in [0, 0.05) is 11.3 Å². The average molecular weight is 407 g/mol. The third-order valence-electron chi connectivity index (χ3n) is 3.95. The summed E-state index contributed by atoms with van der Waals surface area (Å²) in [7, 11) is 0. The highest BCUT2D eigenvalue weighted by molar-refractivity contribution is 5.96. The monoisotopic (exact) mass is 407 g/mol. The van der Waals surface area contributed by atoms with Crippen molar-refractivity contribution in [1.29, 1.82) is 0 Å². The molecule has 2 N–H and O–H groups in total. The van der Waals surface area contributed by atoms with Gasteiger partial charge in [-0.2, -0.15) is 5.10 Å². The van der Waals surface area contributed by atoms with Gasteiger partial charge in [-0.25, -0.2) is 9.59 Å². The minimum atomic E-state index is -0.688. The molecule has 0 spiro atoms. The van der Waals surface area contributed by atoms with E-state index in [4.69, 9.17) is 9.47 Å². The number of hydrogen-bond donors (Lipinski definition) is 2. The van der Waals surface area contributed by atoms with Crippen LogP contribution in [-0.2, 0) is 14.3 Å². The van der Waals surface area contributed by atoms with Gasteiger partial charge in [0.25, 0.3) is 5.91 Å². The van der Waals surface area contributed by atoms with Crippen LogP contribution in [0, 0.1) is 0 Å². The van der Waals surface area contributed by atoms with E-state index >= 15 is 0 Å². The van der Waals surface area contributed by atoms with Crippen molar-refractivity contribution in [1.82, 2.24) is 10.2 Å². The number of ether oxygens (including phenoxy) is 2. The Morgan fingerprint density at radius 2 is 1.70 bits per heavy atom. The molecule has 3 rings (SSSR count). The quantitative estimate of drug-likeness (QED) is 0.581. The van der Waals surface area contributed by atoms with Crippen molar-refractivity contribution in [2.45, 2.75) is 20.0 Å². The summed E-state index contributed by atoms with van der Waals surface area (Å²) in [5.74, 6) is -1.64. The second kappa shape index (κ2) is 9.51. The summed E-state index contributed by atoms with van der Waals surface area (Å²) in [6.07, 6.45) is -0.217. The van der Waals surface area contributed by atoms with Crippen LogP contribution in [0.1, 0.15) is 34.7 Å². The zero-order valence-electron chi connectivity index (χ0n) is 16.5. The number of H-pyrrole nitrogens is 1. The van der Waals surface area contributed by atoms with Gasteiger partial charge in [0.2, 0.25) is 0 Å². The molecule has 2 aromatic carbocycles. The molecule has 0 saturated heterocycles. The molecule has 1 heterocycles. The van der Waals surface area contributed by atoms with Crippen LogP contribution in [0.15, 0.2) is 60.7 Å². The molecule has 8 nitrogen and oxygen atoms in total. The minimum absolute atomic E-state index is 0.148. The highest BCUT2D eigenvalue weighted by Gasteiger charge is 2.15. The van der Waals surface area contributed by atoms with Gasteiger partial charge in [-0.15, -0.1) is 0 Å². The average Bonchev–Trinajstić information content (AvgIpc) is 3.23. The van der Waals surface area contributed by atoms with E-state index in [-0.39, 0.29) is 11.8 Å². The van der Waals surface area contributed by atoms with Crippen LogP contribution in [0.2, 0.25) is 0 Å². The summed E-state index contributed by atoms with van der Waals surface area (Å²) >= 11 is 0. The van der Waals surface area contributed by atoms with Gasteiger partial charge < -0.3 is 14.8 Å². The number of aromatic nitrogens is 2. The van der Waals surface area contributed by atoms with E-state index < -0.39 is 24.5 Å². The number of anilines is 1. The number of carbonyl (C=O) groups is 3. The maximum absolute atomic E-state index is 12.1. The molecule has 30 heavy (non-hydrogen) atoms. The minimum Gasteiger partial charge on any atom is -0.459 e. The fourth-order valence-electron chi connectivity index (χ4n) is 2.56. The normalized spacial score (nSPS) is 10.5. The van der Waals surface area contributed by atoms with Crippen molar-refractivity contribution >= 4 is 23.5 Å². The maximum atomic E-state index is 12.1. The second-order valence-corrected chi connectivity index (χ2v) is 6.69. The third-order valence-corrected chi connectivity index (χ3v) is 3.95. The summed E-state index contributed by atoms with van der Waals surface area (Å²) in [4.78, 5) is 36.0. The molecule has 0 unspecified atom stereocenters. The van der Waals surface area contributed by atoms with E-state index in [1.807, 2.05) is 30.3 Å². The fourth-order valence-corrected chi connectivity index (χ4v) is 2.56. The summed E-state index contributed by atoms with van der Waals surface area (Å²) in [5.41, 5.74) is 2.44. The number of aromatic amines is 1. The van der Waals surface area contributed by atoms with Crippen LogP contribution in [-0.4, -0.2) is 40.8 Å². The van der Waals surface area contributed by atoms with Crippen molar-refractivity contribution in [3.8, 4) is 11.3 Å². The molecule has 0 radical (unpaired) electrons. The number of carbonyl (C=O) groups excluding carboxylic acids is 3. The Bertz CT molecular complexity index is 1030.